The molecule has 0 bridgehead atoms. The predicted octanol–water partition coefficient (Wildman–Crippen LogP) is 4.04. The first kappa shape index (κ1) is 18.1. The van der Waals surface area contributed by atoms with Crippen molar-refractivity contribution in [1.82, 2.24) is 0 Å². The summed E-state index contributed by atoms with van der Waals surface area (Å²) in [7, 11) is 0. The second-order valence-corrected chi connectivity index (χ2v) is 6.17. The van der Waals surface area contributed by atoms with Crippen molar-refractivity contribution in [2.24, 2.45) is 11.7 Å². The number of nitrogens with two attached hydrogens (primary N) is 1. The Balaban J connectivity index is 0.00000324. The Morgan fingerprint density at radius 2 is 1.84 bits per heavy atom. The third-order valence-corrected chi connectivity index (χ3v) is 2.55. The fourth-order valence-corrected chi connectivity index (χ4v) is 1.88. The van der Waals surface area contributed by atoms with Gasteiger partial charge in [0.2, 0.25) is 0 Å². The number of phenols is 1. The quantitative estimate of drug-likeness (QED) is 0.879. The summed E-state index contributed by atoms with van der Waals surface area (Å²) in [6.07, 6.45) is 0.840. The van der Waals surface area contributed by atoms with Crippen molar-refractivity contribution in [3.05, 3.63) is 23.8 Å². The molecule has 3 N–H and O–H groups in total. The highest BCUT2D eigenvalue weighted by molar-refractivity contribution is 5.85. The molecule has 0 aliphatic carbocycles. The molecule has 0 heterocycles. The van der Waals surface area contributed by atoms with Gasteiger partial charge in [0.15, 0.2) is 0 Å². The van der Waals surface area contributed by atoms with Crippen molar-refractivity contribution in [3.8, 4) is 11.5 Å². The second-order valence-electron chi connectivity index (χ2n) is 6.17. The van der Waals surface area contributed by atoms with Gasteiger partial charge in [-0.25, -0.2) is 0 Å². The molecule has 4 heteroatoms. The number of ether oxygens (including phenoxy) is 1. The van der Waals surface area contributed by atoms with E-state index in [0.717, 1.165) is 17.7 Å². The largest absolute Gasteiger partial charge is 0.508 e. The predicted molar refractivity (Wildman–Crippen MR) is 82.1 cm³/mol. The van der Waals surface area contributed by atoms with Gasteiger partial charge in [-0.1, -0.05) is 13.8 Å². The third-order valence-electron chi connectivity index (χ3n) is 2.55. The van der Waals surface area contributed by atoms with Crippen LogP contribution in [0.5, 0.6) is 11.5 Å². The van der Waals surface area contributed by atoms with Gasteiger partial charge in [-0.2, -0.15) is 0 Å². The summed E-state index contributed by atoms with van der Waals surface area (Å²) in [6, 6.07) is 5.10. The first-order chi connectivity index (χ1) is 8.19. The van der Waals surface area contributed by atoms with Crippen molar-refractivity contribution in [2.75, 3.05) is 0 Å². The Bertz CT molecular complexity index is 400. The molecule has 0 amide bonds. The highest BCUT2D eigenvalue weighted by Gasteiger charge is 2.16. The van der Waals surface area contributed by atoms with Gasteiger partial charge in [0, 0.05) is 11.6 Å². The molecular weight excluding hydrogens is 262 g/mol. The van der Waals surface area contributed by atoms with Crippen LogP contribution in [0.15, 0.2) is 18.2 Å². The van der Waals surface area contributed by atoms with Crippen LogP contribution in [0, 0.1) is 5.92 Å². The molecule has 0 aromatic heterocycles. The average molecular weight is 288 g/mol. The van der Waals surface area contributed by atoms with E-state index in [1.54, 1.807) is 12.1 Å². The van der Waals surface area contributed by atoms with Gasteiger partial charge in [-0.15, -0.1) is 12.4 Å². The Hall–Kier alpha value is -0.930. The summed E-state index contributed by atoms with van der Waals surface area (Å²) >= 11 is 0. The van der Waals surface area contributed by atoms with Crippen LogP contribution in [0.4, 0.5) is 0 Å². The molecule has 19 heavy (non-hydrogen) atoms. The topological polar surface area (TPSA) is 55.5 Å². The van der Waals surface area contributed by atoms with E-state index in [1.165, 1.54) is 0 Å². The van der Waals surface area contributed by atoms with E-state index in [0.29, 0.717) is 5.92 Å². The first-order valence-electron chi connectivity index (χ1n) is 6.46. The molecule has 3 nitrogen and oxygen atoms in total. The van der Waals surface area contributed by atoms with Gasteiger partial charge in [-0.3, -0.25) is 0 Å². The van der Waals surface area contributed by atoms with Crippen LogP contribution >= 0.6 is 12.4 Å². The number of hydrogen-bond acceptors (Lipinski definition) is 3. The number of phenolic OH excluding ortho intramolecular Hbond substituents is 1. The molecule has 1 rings (SSSR count). The van der Waals surface area contributed by atoms with Crippen molar-refractivity contribution in [2.45, 2.75) is 52.7 Å². The summed E-state index contributed by atoms with van der Waals surface area (Å²) in [5, 5.41) is 9.88. The molecule has 110 valence electrons. The normalized spacial score (nSPS) is 13.0. The molecule has 0 aliphatic heterocycles. The molecule has 0 fully saturated rings. The molecule has 1 aromatic rings. The summed E-state index contributed by atoms with van der Waals surface area (Å²) in [6.45, 7) is 10.2. The monoisotopic (exact) mass is 287 g/mol. The number of benzene rings is 1. The van der Waals surface area contributed by atoms with E-state index in [-0.39, 0.29) is 29.8 Å². The zero-order valence-corrected chi connectivity index (χ0v) is 13.3. The van der Waals surface area contributed by atoms with Crippen molar-refractivity contribution >= 4 is 12.4 Å². The Morgan fingerprint density at radius 1 is 1.26 bits per heavy atom. The highest BCUT2D eigenvalue weighted by atomic mass is 35.5. The summed E-state index contributed by atoms with van der Waals surface area (Å²) in [4.78, 5) is 0. The number of aromatic hydroxyl groups is 1. The molecular formula is C15H26ClNO2. The first-order valence-corrected chi connectivity index (χ1v) is 6.46. The SMILES string of the molecule is CC(C)C[C@H](N)c1cc(OC(C)(C)C)ccc1O.Cl. The summed E-state index contributed by atoms with van der Waals surface area (Å²) < 4.78 is 5.79. The minimum atomic E-state index is -0.254. The number of halogens is 1. The van der Waals surface area contributed by atoms with E-state index < -0.39 is 0 Å². The lowest BCUT2D eigenvalue weighted by Gasteiger charge is -2.23. The van der Waals surface area contributed by atoms with E-state index in [2.05, 4.69) is 13.8 Å². The molecule has 0 saturated carbocycles. The summed E-state index contributed by atoms with van der Waals surface area (Å²) in [5.74, 6) is 1.48. The lowest BCUT2D eigenvalue weighted by Crippen LogP contribution is -2.23. The van der Waals surface area contributed by atoms with Crippen LogP contribution in [-0.2, 0) is 0 Å². The van der Waals surface area contributed by atoms with Crippen LogP contribution < -0.4 is 10.5 Å². The maximum absolute atomic E-state index is 9.88. The fourth-order valence-electron chi connectivity index (χ4n) is 1.88. The number of hydrogen-bond donors (Lipinski definition) is 2. The van der Waals surface area contributed by atoms with Crippen molar-refractivity contribution < 1.29 is 9.84 Å². The zero-order chi connectivity index (χ0) is 13.9. The zero-order valence-electron chi connectivity index (χ0n) is 12.4. The van der Waals surface area contributed by atoms with Crippen LogP contribution in [-0.4, -0.2) is 10.7 Å². The smallest absolute Gasteiger partial charge is 0.120 e. The van der Waals surface area contributed by atoms with Crippen LogP contribution in [0.25, 0.3) is 0 Å². The van der Waals surface area contributed by atoms with Crippen molar-refractivity contribution in [1.29, 1.82) is 0 Å². The second kappa shape index (κ2) is 7.01. The van der Waals surface area contributed by atoms with Gasteiger partial charge >= 0.3 is 0 Å². The molecule has 1 atom stereocenters. The van der Waals surface area contributed by atoms with Gasteiger partial charge in [0.05, 0.1) is 0 Å². The van der Waals surface area contributed by atoms with Crippen LogP contribution in [0.2, 0.25) is 0 Å². The fraction of sp³-hybridized carbons (Fsp3) is 0.600. The number of rotatable bonds is 4. The average Bonchev–Trinajstić information content (AvgIpc) is 2.17. The molecule has 0 aliphatic rings. The van der Waals surface area contributed by atoms with E-state index in [4.69, 9.17) is 10.5 Å². The molecule has 0 radical (unpaired) electrons. The Morgan fingerprint density at radius 3 is 2.32 bits per heavy atom. The standard InChI is InChI=1S/C15H25NO2.ClH/c1-10(2)8-13(16)12-9-11(6-7-14(12)17)18-15(3,4)5;/h6-7,9-10,13,17H,8,16H2,1-5H3;1H/t13-;/m0./s1. The maximum atomic E-state index is 9.88. The van der Waals surface area contributed by atoms with Crippen LogP contribution in [0.3, 0.4) is 0 Å². The van der Waals surface area contributed by atoms with E-state index >= 15 is 0 Å². The lowest BCUT2D eigenvalue weighted by atomic mass is 9.97. The minimum Gasteiger partial charge on any atom is -0.508 e. The molecule has 0 spiro atoms. The highest BCUT2D eigenvalue weighted by Crippen LogP contribution is 2.31. The van der Waals surface area contributed by atoms with Gasteiger partial charge in [-0.05, 0) is 51.3 Å². The van der Waals surface area contributed by atoms with Gasteiger partial charge in [0.25, 0.3) is 0 Å². The maximum Gasteiger partial charge on any atom is 0.120 e. The molecule has 1 aromatic carbocycles. The van der Waals surface area contributed by atoms with Crippen LogP contribution in [0.1, 0.15) is 52.6 Å². The minimum absolute atomic E-state index is 0. The molecule has 0 saturated heterocycles. The molecule has 0 unspecified atom stereocenters. The summed E-state index contributed by atoms with van der Waals surface area (Å²) in [5.41, 5.74) is 6.62. The lowest BCUT2D eigenvalue weighted by molar-refractivity contribution is 0.130. The van der Waals surface area contributed by atoms with Gasteiger partial charge in [0.1, 0.15) is 17.1 Å². The Kier molecular flexibility index (Phi) is 6.67. The van der Waals surface area contributed by atoms with Gasteiger partial charge < -0.3 is 15.6 Å². The van der Waals surface area contributed by atoms with Crippen molar-refractivity contribution in [3.63, 3.8) is 0 Å². The van der Waals surface area contributed by atoms with E-state index in [9.17, 15) is 5.11 Å². The van der Waals surface area contributed by atoms with E-state index in [1.807, 2.05) is 26.8 Å². The Labute approximate surface area is 122 Å². The third kappa shape index (κ3) is 6.17.